The summed E-state index contributed by atoms with van der Waals surface area (Å²) in [6, 6.07) is 4.08. The fourth-order valence-corrected chi connectivity index (χ4v) is 1.60. The van der Waals surface area contributed by atoms with Gasteiger partial charge in [0.15, 0.2) is 0 Å². The van der Waals surface area contributed by atoms with E-state index in [1.807, 2.05) is 12.3 Å². The number of hydrogen-bond acceptors (Lipinski definition) is 3. The van der Waals surface area contributed by atoms with Crippen molar-refractivity contribution < 1.29 is 4.74 Å². The minimum absolute atomic E-state index is 0.0379. The van der Waals surface area contributed by atoms with E-state index in [2.05, 4.69) is 37.1 Å². The van der Waals surface area contributed by atoms with Crippen LogP contribution in [0.1, 0.15) is 26.3 Å². The van der Waals surface area contributed by atoms with Crippen LogP contribution in [0.5, 0.6) is 0 Å². The molecule has 0 aromatic carbocycles. The normalized spacial score (nSPS) is 13.5. The van der Waals surface area contributed by atoms with Crippen LogP contribution in [0.4, 0.5) is 5.82 Å². The summed E-state index contributed by atoms with van der Waals surface area (Å²) in [5, 5.41) is 3.15. The number of halogens is 1. The molecule has 1 unspecified atom stereocenters. The van der Waals surface area contributed by atoms with Crippen molar-refractivity contribution in [2.24, 2.45) is 0 Å². The summed E-state index contributed by atoms with van der Waals surface area (Å²) < 4.78 is 4.96. The molecule has 0 saturated carbocycles. The molecule has 1 heterocycles. The topological polar surface area (TPSA) is 34.1 Å². The lowest BCUT2D eigenvalue weighted by Gasteiger charge is -2.18. The van der Waals surface area contributed by atoms with Crippen LogP contribution in [-0.4, -0.2) is 30.6 Å². The van der Waals surface area contributed by atoms with Gasteiger partial charge in [-0.1, -0.05) is 26.8 Å². The van der Waals surface area contributed by atoms with Crippen molar-refractivity contribution in [2.45, 2.75) is 31.6 Å². The Hall–Kier alpha value is -0.800. The molecule has 96 valence electrons. The molecule has 0 fully saturated rings. The Morgan fingerprint density at radius 3 is 2.59 bits per heavy atom. The largest absolute Gasteiger partial charge is 0.383 e. The summed E-state index contributed by atoms with van der Waals surface area (Å²) in [6.07, 6.45) is 1.90. The lowest BCUT2D eigenvalue weighted by atomic mass is 9.88. The highest BCUT2D eigenvalue weighted by atomic mass is 35.5. The molecular formula is C13H21ClN2O. The van der Waals surface area contributed by atoms with Crippen LogP contribution in [0.25, 0.3) is 0 Å². The number of anilines is 1. The van der Waals surface area contributed by atoms with Gasteiger partial charge in [-0.15, -0.1) is 11.6 Å². The van der Waals surface area contributed by atoms with Crippen molar-refractivity contribution in [1.82, 2.24) is 4.98 Å². The van der Waals surface area contributed by atoms with Crippen molar-refractivity contribution in [1.29, 1.82) is 0 Å². The van der Waals surface area contributed by atoms with E-state index in [4.69, 9.17) is 16.3 Å². The summed E-state index contributed by atoms with van der Waals surface area (Å²) in [5.74, 6) is 0.847. The van der Waals surface area contributed by atoms with Gasteiger partial charge in [-0.3, -0.25) is 0 Å². The van der Waals surface area contributed by atoms with Crippen molar-refractivity contribution in [2.75, 3.05) is 25.6 Å². The molecule has 1 N–H and O–H groups in total. The Bertz CT molecular complexity index is 332. The molecular weight excluding hydrogens is 236 g/mol. The van der Waals surface area contributed by atoms with Gasteiger partial charge in [0.25, 0.3) is 0 Å². The van der Waals surface area contributed by atoms with E-state index in [0.29, 0.717) is 13.2 Å². The molecule has 1 aromatic heterocycles. The van der Waals surface area contributed by atoms with Gasteiger partial charge < -0.3 is 10.1 Å². The monoisotopic (exact) mass is 256 g/mol. The molecule has 0 spiro atoms. The van der Waals surface area contributed by atoms with Gasteiger partial charge in [-0.05, 0) is 17.0 Å². The second-order valence-corrected chi connectivity index (χ2v) is 5.73. The van der Waals surface area contributed by atoms with Gasteiger partial charge in [-0.2, -0.15) is 0 Å². The molecule has 0 bridgehead atoms. The molecule has 1 atom stereocenters. The van der Waals surface area contributed by atoms with Gasteiger partial charge in [0.1, 0.15) is 5.82 Å². The molecule has 0 aliphatic rings. The quantitative estimate of drug-likeness (QED) is 0.823. The summed E-state index contributed by atoms with van der Waals surface area (Å²) in [4.78, 5) is 4.37. The van der Waals surface area contributed by atoms with Crippen LogP contribution in [-0.2, 0) is 10.2 Å². The van der Waals surface area contributed by atoms with Crippen molar-refractivity contribution in [3.63, 3.8) is 0 Å². The molecule has 0 radical (unpaired) electrons. The zero-order valence-corrected chi connectivity index (χ0v) is 11.7. The first kappa shape index (κ1) is 14.3. The van der Waals surface area contributed by atoms with Crippen LogP contribution in [0.15, 0.2) is 18.3 Å². The maximum atomic E-state index is 6.02. The molecule has 4 heteroatoms. The highest BCUT2D eigenvalue weighted by Crippen LogP contribution is 2.21. The third-order valence-corrected chi connectivity index (χ3v) is 2.76. The Balaban J connectivity index is 2.51. The number of pyridine rings is 1. The van der Waals surface area contributed by atoms with E-state index >= 15 is 0 Å². The van der Waals surface area contributed by atoms with Gasteiger partial charge >= 0.3 is 0 Å². The van der Waals surface area contributed by atoms with E-state index in [-0.39, 0.29) is 10.8 Å². The summed E-state index contributed by atoms with van der Waals surface area (Å²) >= 11 is 6.02. The van der Waals surface area contributed by atoms with Crippen LogP contribution >= 0.6 is 11.6 Å². The lowest BCUT2D eigenvalue weighted by molar-refractivity contribution is 0.200. The molecule has 17 heavy (non-hydrogen) atoms. The minimum Gasteiger partial charge on any atom is -0.383 e. The first-order valence-corrected chi connectivity index (χ1v) is 6.20. The van der Waals surface area contributed by atoms with Crippen LogP contribution < -0.4 is 5.32 Å². The summed E-state index contributed by atoms with van der Waals surface area (Å²) in [5.41, 5.74) is 1.36. The molecule has 3 nitrogen and oxygen atoms in total. The summed E-state index contributed by atoms with van der Waals surface area (Å²) in [7, 11) is 1.64. The number of aromatic nitrogens is 1. The van der Waals surface area contributed by atoms with Crippen molar-refractivity contribution in [3.8, 4) is 0 Å². The maximum Gasteiger partial charge on any atom is 0.125 e. The third-order valence-electron chi connectivity index (χ3n) is 2.48. The molecule has 1 aromatic rings. The molecule has 0 aliphatic carbocycles. The van der Waals surface area contributed by atoms with Gasteiger partial charge in [0, 0.05) is 19.9 Å². The zero-order chi connectivity index (χ0) is 12.9. The zero-order valence-electron chi connectivity index (χ0n) is 11.0. The Kier molecular flexibility index (Phi) is 5.22. The van der Waals surface area contributed by atoms with E-state index < -0.39 is 0 Å². The van der Waals surface area contributed by atoms with Crippen LogP contribution in [0.3, 0.4) is 0 Å². The highest BCUT2D eigenvalue weighted by Gasteiger charge is 2.13. The number of ether oxygens (including phenoxy) is 1. The smallest absolute Gasteiger partial charge is 0.125 e. The minimum atomic E-state index is -0.0379. The first-order valence-electron chi connectivity index (χ1n) is 5.77. The summed E-state index contributed by atoms with van der Waals surface area (Å²) in [6.45, 7) is 7.70. The Labute approximate surface area is 109 Å². The predicted molar refractivity (Wildman–Crippen MR) is 72.9 cm³/mol. The van der Waals surface area contributed by atoms with E-state index in [1.54, 1.807) is 7.11 Å². The van der Waals surface area contributed by atoms with E-state index in [1.165, 1.54) is 5.56 Å². The van der Waals surface area contributed by atoms with Gasteiger partial charge in [0.05, 0.1) is 12.0 Å². The second-order valence-electron chi connectivity index (χ2n) is 5.12. The standard InChI is InChI=1S/C13H21ClN2O/c1-13(2,3)10-5-6-12(15-7-10)16-8-11(14)9-17-4/h5-7,11H,8-9H2,1-4H3,(H,15,16). The average molecular weight is 257 g/mol. The van der Waals surface area contributed by atoms with E-state index in [9.17, 15) is 0 Å². The van der Waals surface area contributed by atoms with Gasteiger partial charge in [-0.25, -0.2) is 4.98 Å². The number of rotatable bonds is 5. The Morgan fingerprint density at radius 2 is 2.12 bits per heavy atom. The third kappa shape index (κ3) is 4.92. The predicted octanol–water partition coefficient (Wildman–Crippen LogP) is 3.04. The highest BCUT2D eigenvalue weighted by molar-refractivity contribution is 6.21. The van der Waals surface area contributed by atoms with Crippen LogP contribution in [0.2, 0.25) is 0 Å². The lowest BCUT2D eigenvalue weighted by Crippen LogP contribution is -2.19. The molecule has 1 rings (SSSR count). The average Bonchev–Trinajstić information content (AvgIpc) is 2.26. The SMILES string of the molecule is COCC(Cl)CNc1ccc(C(C)(C)C)cn1. The van der Waals surface area contributed by atoms with E-state index in [0.717, 1.165) is 5.82 Å². The van der Waals surface area contributed by atoms with Crippen molar-refractivity contribution >= 4 is 17.4 Å². The maximum absolute atomic E-state index is 6.02. The second kappa shape index (κ2) is 6.22. The molecule has 0 amide bonds. The molecule has 0 aliphatic heterocycles. The first-order chi connectivity index (χ1) is 7.93. The van der Waals surface area contributed by atoms with Crippen molar-refractivity contribution in [3.05, 3.63) is 23.9 Å². The fourth-order valence-electron chi connectivity index (χ4n) is 1.40. The van der Waals surface area contributed by atoms with Crippen LogP contribution in [0, 0.1) is 0 Å². The fraction of sp³-hybridized carbons (Fsp3) is 0.615. The number of nitrogens with one attached hydrogen (secondary N) is 1. The molecule has 0 saturated heterocycles. The Morgan fingerprint density at radius 1 is 1.41 bits per heavy atom. The number of methoxy groups -OCH3 is 1. The number of hydrogen-bond donors (Lipinski definition) is 1. The van der Waals surface area contributed by atoms with Gasteiger partial charge in [0.2, 0.25) is 0 Å². The number of alkyl halides is 1. The number of nitrogens with zero attached hydrogens (tertiary/aromatic N) is 1.